The monoisotopic (exact) mass is 261 g/mol. The molecule has 0 aliphatic carbocycles. The molecule has 19 heavy (non-hydrogen) atoms. The van der Waals surface area contributed by atoms with Crippen molar-refractivity contribution in [3.05, 3.63) is 30.5 Å². The number of carbonyl (C=O) groups excluding carboxylic acids is 1. The third kappa shape index (κ3) is 2.70. The van der Waals surface area contributed by atoms with E-state index in [0.29, 0.717) is 23.9 Å². The Morgan fingerprint density at radius 2 is 2.26 bits per heavy atom. The van der Waals surface area contributed by atoms with Gasteiger partial charge in [-0.25, -0.2) is 14.8 Å². The summed E-state index contributed by atoms with van der Waals surface area (Å²) in [6, 6.07) is 0. The Balaban J connectivity index is 2.44. The smallest absolute Gasteiger partial charge is 0.343 e. The van der Waals surface area contributed by atoms with Gasteiger partial charge in [0, 0.05) is 32.7 Å². The molecule has 2 heterocycles. The number of aromatic nitrogens is 4. The third-order valence-electron chi connectivity index (χ3n) is 2.41. The fourth-order valence-corrected chi connectivity index (χ4v) is 1.56. The van der Waals surface area contributed by atoms with Gasteiger partial charge in [-0.05, 0) is 6.92 Å². The van der Waals surface area contributed by atoms with Gasteiger partial charge in [0.1, 0.15) is 17.7 Å². The normalized spacial score (nSPS) is 10.3. The van der Waals surface area contributed by atoms with Crippen LogP contribution in [-0.4, -0.2) is 46.2 Å². The van der Waals surface area contributed by atoms with Crippen molar-refractivity contribution in [1.82, 2.24) is 19.5 Å². The van der Waals surface area contributed by atoms with Gasteiger partial charge < -0.3 is 9.64 Å². The van der Waals surface area contributed by atoms with E-state index >= 15 is 0 Å². The molecule has 0 N–H and O–H groups in total. The first-order valence-electron chi connectivity index (χ1n) is 5.83. The summed E-state index contributed by atoms with van der Waals surface area (Å²) in [6.45, 7) is 2.07. The predicted octanol–water partition coefficient (Wildman–Crippen LogP) is 0.905. The molecule has 0 aliphatic heterocycles. The summed E-state index contributed by atoms with van der Waals surface area (Å²) < 4.78 is 6.65. The van der Waals surface area contributed by atoms with Crippen molar-refractivity contribution in [3.63, 3.8) is 0 Å². The first kappa shape index (κ1) is 13.0. The predicted molar refractivity (Wildman–Crippen MR) is 69.4 cm³/mol. The fraction of sp³-hybridized carbons (Fsp3) is 0.333. The van der Waals surface area contributed by atoms with Crippen LogP contribution in [0.2, 0.25) is 0 Å². The molecule has 0 saturated heterocycles. The molecular formula is C12H15N5O2. The van der Waals surface area contributed by atoms with Crippen molar-refractivity contribution in [2.24, 2.45) is 0 Å². The molecule has 0 bridgehead atoms. The largest absolute Gasteiger partial charge is 0.462 e. The van der Waals surface area contributed by atoms with Gasteiger partial charge in [-0.1, -0.05) is 0 Å². The van der Waals surface area contributed by atoms with E-state index in [1.54, 1.807) is 35.1 Å². The topological polar surface area (TPSA) is 73.1 Å². The third-order valence-corrected chi connectivity index (χ3v) is 2.41. The maximum atomic E-state index is 11.8. The Morgan fingerprint density at radius 3 is 2.84 bits per heavy atom. The van der Waals surface area contributed by atoms with E-state index in [1.807, 2.05) is 14.1 Å². The zero-order chi connectivity index (χ0) is 13.8. The van der Waals surface area contributed by atoms with E-state index in [9.17, 15) is 4.79 Å². The number of carbonyl (C=O) groups is 1. The lowest BCUT2D eigenvalue weighted by atomic mass is 10.3. The van der Waals surface area contributed by atoms with Crippen LogP contribution in [0.4, 0.5) is 5.82 Å². The number of ether oxygens (including phenoxy) is 1. The summed E-state index contributed by atoms with van der Waals surface area (Å²) in [5.74, 6) is 0.537. The second-order valence-electron chi connectivity index (χ2n) is 3.99. The van der Waals surface area contributed by atoms with Crippen molar-refractivity contribution in [1.29, 1.82) is 0 Å². The van der Waals surface area contributed by atoms with E-state index in [2.05, 4.69) is 15.0 Å². The van der Waals surface area contributed by atoms with Crippen LogP contribution in [0.15, 0.2) is 24.9 Å². The molecule has 0 radical (unpaired) electrons. The van der Waals surface area contributed by atoms with Crippen molar-refractivity contribution in [3.8, 4) is 5.95 Å². The van der Waals surface area contributed by atoms with Gasteiger partial charge >= 0.3 is 5.97 Å². The van der Waals surface area contributed by atoms with Crippen LogP contribution in [-0.2, 0) is 4.74 Å². The lowest BCUT2D eigenvalue weighted by Crippen LogP contribution is -2.19. The first-order valence-corrected chi connectivity index (χ1v) is 5.83. The summed E-state index contributed by atoms with van der Waals surface area (Å²) in [7, 11) is 3.62. The molecule has 0 saturated carbocycles. The summed E-state index contributed by atoms with van der Waals surface area (Å²) in [4.78, 5) is 26.0. The molecule has 7 nitrogen and oxygen atoms in total. The standard InChI is InChI=1S/C12H15N5O2/c1-4-19-11(18)9-7-14-12(15-10(9)16(2)3)17-6-5-13-8-17/h5-8H,4H2,1-3H3. The Bertz CT molecular complexity index is 566. The van der Waals surface area contributed by atoms with Crippen LogP contribution in [0.3, 0.4) is 0 Å². The zero-order valence-electron chi connectivity index (χ0n) is 11.1. The molecule has 0 aromatic carbocycles. The Hall–Kier alpha value is -2.44. The number of hydrogen-bond donors (Lipinski definition) is 0. The van der Waals surface area contributed by atoms with Crippen LogP contribution in [0, 0.1) is 0 Å². The molecule has 2 aromatic rings. The van der Waals surface area contributed by atoms with Crippen LogP contribution >= 0.6 is 0 Å². The van der Waals surface area contributed by atoms with Crippen LogP contribution < -0.4 is 4.90 Å². The second kappa shape index (κ2) is 5.47. The van der Waals surface area contributed by atoms with Crippen molar-refractivity contribution in [2.75, 3.05) is 25.6 Å². The lowest BCUT2D eigenvalue weighted by Gasteiger charge is -2.15. The van der Waals surface area contributed by atoms with E-state index in [1.165, 1.54) is 6.20 Å². The summed E-state index contributed by atoms with van der Waals surface area (Å²) in [6.07, 6.45) is 6.44. The molecule has 0 fully saturated rings. The number of nitrogens with zero attached hydrogens (tertiary/aromatic N) is 5. The Kier molecular flexibility index (Phi) is 3.74. The van der Waals surface area contributed by atoms with Gasteiger partial charge in [0.2, 0.25) is 5.95 Å². The van der Waals surface area contributed by atoms with Gasteiger partial charge in [0.15, 0.2) is 0 Å². The molecule has 2 rings (SSSR count). The number of esters is 1. The number of rotatable bonds is 4. The zero-order valence-corrected chi connectivity index (χ0v) is 11.1. The molecule has 0 aliphatic rings. The fourth-order valence-electron chi connectivity index (χ4n) is 1.56. The minimum atomic E-state index is -0.427. The lowest BCUT2D eigenvalue weighted by molar-refractivity contribution is 0.0526. The highest BCUT2D eigenvalue weighted by atomic mass is 16.5. The molecule has 0 amide bonds. The van der Waals surface area contributed by atoms with Crippen LogP contribution in [0.1, 0.15) is 17.3 Å². The van der Waals surface area contributed by atoms with E-state index in [4.69, 9.17) is 4.74 Å². The molecule has 0 spiro atoms. The second-order valence-corrected chi connectivity index (χ2v) is 3.99. The van der Waals surface area contributed by atoms with Crippen LogP contribution in [0.25, 0.3) is 5.95 Å². The SMILES string of the molecule is CCOC(=O)c1cnc(-n2ccnc2)nc1N(C)C. The molecule has 0 unspecified atom stereocenters. The first-order chi connectivity index (χ1) is 9.13. The van der Waals surface area contributed by atoms with Crippen molar-refractivity contribution in [2.45, 2.75) is 6.92 Å². The maximum absolute atomic E-state index is 11.8. The van der Waals surface area contributed by atoms with Gasteiger partial charge in [-0.15, -0.1) is 0 Å². The number of hydrogen-bond acceptors (Lipinski definition) is 6. The molecule has 100 valence electrons. The highest BCUT2D eigenvalue weighted by molar-refractivity contribution is 5.94. The minimum Gasteiger partial charge on any atom is -0.462 e. The van der Waals surface area contributed by atoms with Gasteiger partial charge in [-0.2, -0.15) is 4.98 Å². The summed E-state index contributed by atoms with van der Waals surface area (Å²) in [5, 5.41) is 0. The molecule has 0 atom stereocenters. The van der Waals surface area contributed by atoms with Gasteiger partial charge in [0.05, 0.1) is 6.61 Å². The van der Waals surface area contributed by atoms with Crippen molar-refractivity contribution >= 4 is 11.8 Å². The molecule has 7 heteroatoms. The van der Waals surface area contributed by atoms with E-state index < -0.39 is 5.97 Å². The van der Waals surface area contributed by atoms with Crippen LogP contribution in [0.5, 0.6) is 0 Å². The van der Waals surface area contributed by atoms with E-state index in [0.717, 1.165) is 0 Å². The average Bonchev–Trinajstić information content (AvgIpc) is 2.92. The number of imidazole rings is 1. The highest BCUT2D eigenvalue weighted by Gasteiger charge is 2.17. The van der Waals surface area contributed by atoms with Gasteiger partial charge in [-0.3, -0.25) is 4.57 Å². The maximum Gasteiger partial charge on any atom is 0.343 e. The van der Waals surface area contributed by atoms with E-state index in [-0.39, 0.29) is 0 Å². The number of anilines is 1. The Morgan fingerprint density at radius 1 is 1.47 bits per heavy atom. The molecule has 2 aromatic heterocycles. The molecular weight excluding hydrogens is 246 g/mol. The minimum absolute atomic E-state index is 0.314. The summed E-state index contributed by atoms with van der Waals surface area (Å²) in [5.41, 5.74) is 0.343. The van der Waals surface area contributed by atoms with Gasteiger partial charge in [0.25, 0.3) is 0 Å². The Labute approximate surface area is 110 Å². The summed E-state index contributed by atoms with van der Waals surface area (Å²) >= 11 is 0. The quantitative estimate of drug-likeness (QED) is 0.761. The average molecular weight is 261 g/mol. The highest BCUT2D eigenvalue weighted by Crippen LogP contribution is 2.17. The van der Waals surface area contributed by atoms with Crippen molar-refractivity contribution < 1.29 is 9.53 Å².